The molecule has 5 rings (SSSR count). The average molecular weight is 469 g/mol. The van der Waals surface area contributed by atoms with Gasteiger partial charge in [0, 0.05) is 43.2 Å². The molecule has 0 aliphatic carbocycles. The van der Waals surface area contributed by atoms with Gasteiger partial charge in [-0.05, 0) is 63.2 Å². The molecular formula is C28H32N6O. The van der Waals surface area contributed by atoms with Crippen molar-refractivity contribution in [3.63, 3.8) is 0 Å². The molecule has 0 spiro atoms. The molecule has 0 unspecified atom stereocenters. The molecule has 1 amide bonds. The van der Waals surface area contributed by atoms with E-state index in [4.69, 9.17) is 4.98 Å². The number of nitrogens with one attached hydrogen (secondary N) is 1. The van der Waals surface area contributed by atoms with Crippen LogP contribution >= 0.6 is 0 Å². The maximum Gasteiger partial charge on any atom is 0.256 e. The molecule has 0 atom stereocenters. The Morgan fingerprint density at radius 3 is 2.43 bits per heavy atom. The van der Waals surface area contributed by atoms with Gasteiger partial charge in [0.1, 0.15) is 0 Å². The molecule has 4 aromatic rings. The number of hydrogen-bond acceptors (Lipinski definition) is 5. The fraction of sp³-hybridized carbons (Fsp3) is 0.321. The van der Waals surface area contributed by atoms with E-state index in [0.717, 1.165) is 59.7 Å². The Bertz CT molecular complexity index is 1370. The Balaban J connectivity index is 1.38. The largest absolute Gasteiger partial charge is 0.369 e. The maximum absolute atomic E-state index is 13.4. The lowest BCUT2D eigenvalue weighted by Gasteiger charge is -2.34. The van der Waals surface area contributed by atoms with Crippen LogP contribution in [-0.4, -0.2) is 58.8 Å². The molecule has 7 nitrogen and oxygen atoms in total. The van der Waals surface area contributed by atoms with Gasteiger partial charge in [-0.25, -0.2) is 9.67 Å². The molecule has 2 aromatic heterocycles. The first-order chi connectivity index (χ1) is 16.9. The molecule has 0 radical (unpaired) electrons. The number of likely N-dealkylation sites (N-methyl/N-ethyl adjacent to an activating group) is 1. The van der Waals surface area contributed by atoms with E-state index in [1.807, 2.05) is 30.7 Å². The summed E-state index contributed by atoms with van der Waals surface area (Å²) in [6, 6.07) is 16.5. The molecule has 3 heterocycles. The topological polar surface area (TPSA) is 66.3 Å². The molecule has 1 saturated heterocycles. The summed E-state index contributed by atoms with van der Waals surface area (Å²) in [6.07, 6.45) is 1.74. The van der Waals surface area contributed by atoms with Crippen LogP contribution < -0.4 is 10.2 Å². The Hall–Kier alpha value is -3.71. The summed E-state index contributed by atoms with van der Waals surface area (Å²) >= 11 is 0. The van der Waals surface area contributed by atoms with Crippen LogP contribution in [0.25, 0.3) is 11.0 Å². The van der Waals surface area contributed by atoms with E-state index < -0.39 is 0 Å². The fourth-order valence-electron chi connectivity index (χ4n) is 4.58. The molecule has 1 aliphatic rings. The van der Waals surface area contributed by atoms with Crippen LogP contribution in [0.2, 0.25) is 0 Å². The molecule has 180 valence electrons. The molecule has 1 fully saturated rings. The van der Waals surface area contributed by atoms with Crippen LogP contribution in [0.15, 0.2) is 54.7 Å². The third-order valence-corrected chi connectivity index (χ3v) is 6.76. The number of carbonyl (C=O) groups excluding carboxylic acids is 1. The van der Waals surface area contributed by atoms with Crippen LogP contribution in [0.3, 0.4) is 0 Å². The van der Waals surface area contributed by atoms with Gasteiger partial charge in [0.05, 0.1) is 23.7 Å². The van der Waals surface area contributed by atoms with Gasteiger partial charge in [-0.2, -0.15) is 5.10 Å². The number of fused-ring (bicyclic) bond motifs is 1. The summed E-state index contributed by atoms with van der Waals surface area (Å²) in [5.74, 6) is -0.147. The zero-order valence-electron chi connectivity index (χ0n) is 20.9. The summed E-state index contributed by atoms with van der Waals surface area (Å²) in [5, 5.41) is 8.43. The predicted molar refractivity (Wildman–Crippen MR) is 141 cm³/mol. The van der Waals surface area contributed by atoms with Gasteiger partial charge in [0.2, 0.25) is 0 Å². The number of benzene rings is 2. The first kappa shape index (κ1) is 23.1. The van der Waals surface area contributed by atoms with Crippen molar-refractivity contribution in [3.05, 3.63) is 82.7 Å². The average Bonchev–Trinajstić information content (AvgIpc) is 3.24. The van der Waals surface area contributed by atoms with Gasteiger partial charge in [0.15, 0.2) is 5.65 Å². The van der Waals surface area contributed by atoms with Gasteiger partial charge in [-0.1, -0.05) is 29.8 Å². The first-order valence-corrected chi connectivity index (χ1v) is 12.1. The quantitative estimate of drug-likeness (QED) is 0.470. The number of aryl methyl sites for hydroxylation is 3. The van der Waals surface area contributed by atoms with E-state index in [9.17, 15) is 4.79 Å². The Kier molecular flexibility index (Phi) is 6.26. The number of amides is 1. The molecule has 35 heavy (non-hydrogen) atoms. The first-order valence-electron chi connectivity index (χ1n) is 12.1. The normalized spacial score (nSPS) is 14.5. The smallest absolute Gasteiger partial charge is 0.256 e. The summed E-state index contributed by atoms with van der Waals surface area (Å²) in [6.45, 7) is 10.8. The van der Waals surface area contributed by atoms with E-state index in [1.165, 1.54) is 11.3 Å². The Morgan fingerprint density at radius 2 is 1.71 bits per heavy atom. The van der Waals surface area contributed by atoms with Gasteiger partial charge < -0.3 is 15.1 Å². The highest BCUT2D eigenvalue weighted by molar-refractivity contribution is 6.12. The van der Waals surface area contributed by atoms with Crippen LogP contribution in [0.1, 0.15) is 32.7 Å². The zero-order valence-corrected chi connectivity index (χ0v) is 20.9. The van der Waals surface area contributed by atoms with E-state index >= 15 is 0 Å². The molecule has 1 aliphatic heterocycles. The maximum atomic E-state index is 13.4. The van der Waals surface area contributed by atoms with Crippen LogP contribution in [-0.2, 0) is 6.54 Å². The summed E-state index contributed by atoms with van der Waals surface area (Å²) in [7, 11) is 2.16. The molecule has 1 N–H and O–H groups in total. The lowest BCUT2D eigenvalue weighted by Crippen LogP contribution is -2.44. The standard InChI is InChI=1S/C28H32N6O/c1-19-5-7-22(8-6-19)18-34-27-25(17-29-34)24(16-21(3)30-27)28(35)31-26-10-9-23(15-20(26)2)33-13-11-32(4)12-14-33/h5-10,15-17H,11-14,18H2,1-4H3,(H,31,35). The van der Waals surface area contributed by atoms with Crippen molar-refractivity contribution in [1.82, 2.24) is 19.7 Å². The van der Waals surface area contributed by atoms with E-state index in [-0.39, 0.29) is 5.91 Å². The molecule has 7 heteroatoms. The number of nitrogens with zero attached hydrogens (tertiary/aromatic N) is 5. The van der Waals surface area contributed by atoms with Gasteiger partial charge in [0.25, 0.3) is 5.91 Å². The number of aromatic nitrogens is 3. The lowest BCUT2D eigenvalue weighted by molar-refractivity contribution is 0.102. The van der Waals surface area contributed by atoms with Crippen molar-refractivity contribution in [1.29, 1.82) is 0 Å². The number of carbonyl (C=O) groups is 1. The number of piperazine rings is 1. The molecule has 2 aromatic carbocycles. The van der Waals surface area contributed by atoms with Crippen molar-refractivity contribution in [3.8, 4) is 0 Å². The fourth-order valence-corrected chi connectivity index (χ4v) is 4.58. The Morgan fingerprint density at radius 1 is 0.971 bits per heavy atom. The van der Waals surface area contributed by atoms with Crippen LogP contribution in [0, 0.1) is 20.8 Å². The highest BCUT2D eigenvalue weighted by Crippen LogP contribution is 2.26. The van der Waals surface area contributed by atoms with Crippen molar-refractivity contribution < 1.29 is 4.79 Å². The molecule has 0 bridgehead atoms. The number of hydrogen-bond donors (Lipinski definition) is 1. The lowest BCUT2D eigenvalue weighted by atomic mass is 10.1. The monoisotopic (exact) mass is 468 g/mol. The van der Waals surface area contributed by atoms with Crippen molar-refractivity contribution in [2.24, 2.45) is 0 Å². The van der Waals surface area contributed by atoms with Crippen molar-refractivity contribution in [2.75, 3.05) is 43.4 Å². The number of anilines is 2. The highest BCUT2D eigenvalue weighted by atomic mass is 16.1. The minimum absolute atomic E-state index is 0.147. The summed E-state index contributed by atoms with van der Waals surface area (Å²) in [5.41, 5.74) is 7.53. The summed E-state index contributed by atoms with van der Waals surface area (Å²) < 4.78 is 1.86. The second-order valence-electron chi connectivity index (χ2n) is 9.58. The minimum Gasteiger partial charge on any atom is -0.369 e. The van der Waals surface area contributed by atoms with Crippen LogP contribution in [0.4, 0.5) is 11.4 Å². The number of rotatable bonds is 5. The second-order valence-corrected chi connectivity index (χ2v) is 9.58. The second kappa shape index (κ2) is 9.50. The van der Waals surface area contributed by atoms with Crippen molar-refractivity contribution >= 4 is 28.3 Å². The minimum atomic E-state index is -0.147. The molecule has 0 saturated carbocycles. The van der Waals surface area contributed by atoms with E-state index in [2.05, 4.69) is 70.6 Å². The zero-order chi connectivity index (χ0) is 24.5. The summed E-state index contributed by atoms with van der Waals surface area (Å²) in [4.78, 5) is 22.8. The third-order valence-electron chi connectivity index (χ3n) is 6.76. The number of pyridine rings is 1. The van der Waals surface area contributed by atoms with E-state index in [0.29, 0.717) is 12.1 Å². The Labute approximate surface area is 206 Å². The van der Waals surface area contributed by atoms with Gasteiger partial charge >= 0.3 is 0 Å². The van der Waals surface area contributed by atoms with Gasteiger partial charge in [-0.3, -0.25) is 4.79 Å². The highest BCUT2D eigenvalue weighted by Gasteiger charge is 2.18. The SMILES string of the molecule is Cc1ccc(Cn2ncc3c(C(=O)Nc4ccc(N5CCN(C)CC5)cc4C)cc(C)nc32)cc1. The van der Waals surface area contributed by atoms with E-state index in [1.54, 1.807) is 6.20 Å². The molecular weight excluding hydrogens is 436 g/mol. The predicted octanol–water partition coefficient (Wildman–Crippen LogP) is 4.41. The third kappa shape index (κ3) is 4.91. The van der Waals surface area contributed by atoms with Crippen LogP contribution in [0.5, 0.6) is 0 Å². The van der Waals surface area contributed by atoms with Gasteiger partial charge in [-0.15, -0.1) is 0 Å². The van der Waals surface area contributed by atoms with Crippen molar-refractivity contribution in [2.45, 2.75) is 27.3 Å².